The van der Waals surface area contributed by atoms with Crippen LogP contribution in [0.5, 0.6) is 0 Å². The van der Waals surface area contributed by atoms with E-state index in [2.05, 4.69) is 6.92 Å². The summed E-state index contributed by atoms with van der Waals surface area (Å²) in [6.07, 6.45) is 4.95. The molecule has 7 heteroatoms. The molecule has 2 heterocycles. The molecule has 1 saturated heterocycles. The second-order valence-corrected chi connectivity index (χ2v) is 10.8. The van der Waals surface area contributed by atoms with E-state index in [1.54, 1.807) is 26.4 Å². The number of ether oxygens (including phenoxy) is 2. The average molecular weight is 457 g/mol. The van der Waals surface area contributed by atoms with Gasteiger partial charge in [-0.2, -0.15) is 0 Å². The molecule has 2 N–H and O–H groups in total. The minimum Gasteiger partial charge on any atom is -0.472 e. The first kappa shape index (κ1) is 22.6. The predicted molar refractivity (Wildman–Crippen MR) is 118 cm³/mol. The zero-order valence-corrected chi connectivity index (χ0v) is 19.7. The normalized spacial score (nSPS) is 46.2. The summed E-state index contributed by atoms with van der Waals surface area (Å²) in [5.74, 6) is -1.87. The highest BCUT2D eigenvalue weighted by molar-refractivity contribution is 5.97. The van der Waals surface area contributed by atoms with Crippen LogP contribution in [0.15, 0.2) is 46.3 Å². The summed E-state index contributed by atoms with van der Waals surface area (Å²) in [5.41, 5.74) is -0.168. The Balaban J connectivity index is 1.71. The van der Waals surface area contributed by atoms with Crippen molar-refractivity contribution >= 4 is 11.8 Å². The standard InChI is InChI=1S/C26H32O7/c1-13-15(14-7-9-32-12-14)10-16-20(13)26(4)17(11-19(28)31-5)25(3)18(27)6-8-24(2,30)22(25)21(29)23(26)33-16/h6-9,12,15-17,21-23,29-30H,10-11H2,1-5H3/t15-,16+,17-,21-,22+,23-,24-,25-,26-/m1/s1. The lowest BCUT2D eigenvalue weighted by molar-refractivity contribution is -0.222. The van der Waals surface area contributed by atoms with Gasteiger partial charge in [0.2, 0.25) is 0 Å². The lowest BCUT2D eigenvalue weighted by Crippen LogP contribution is -2.69. The van der Waals surface area contributed by atoms with E-state index in [0.717, 1.165) is 16.7 Å². The number of hydrogen-bond acceptors (Lipinski definition) is 7. The molecular weight excluding hydrogens is 424 g/mol. The topological polar surface area (TPSA) is 106 Å². The molecule has 0 amide bonds. The quantitative estimate of drug-likeness (QED) is 0.532. The summed E-state index contributed by atoms with van der Waals surface area (Å²) in [6.45, 7) is 7.46. The van der Waals surface area contributed by atoms with Crippen molar-refractivity contribution in [1.82, 2.24) is 0 Å². The van der Waals surface area contributed by atoms with Crippen LogP contribution in [0, 0.1) is 22.7 Å². The number of methoxy groups -OCH3 is 1. The lowest BCUT2D eigenvalue weighted by atomic mass is 9.43. The first-order valence-electron chi connectivity index (χ1n) is 11.6. The number of rotatable bonds is 3. The molecule has 0 bridgehead atoms. The molecule has 2 fully saturated rings. The smallest absolute Gasteiger partial charge is 0.305 e. The van der Waals surface area contributed by atoms with Gasteiger partial charge in [-0.3, -0.25) is 9.59 Å². The van der Waals surface area contributed by atoms with Crippen LogP contribution in [-0.4, -0.2) is 53.0 Å². The zero-order valence-electron chi connectivity index (χ0n) is 19.7. The first-order chi connectivity index (χ1) is 15.5. The number of carbonyl (C=O) groups is 2. The van der Waals surface area contributed by atoms with Crippen LogP contribution in [0.4, 0.5) is 0 Å². The SMILES string of the molecule is COC(=O)C[C@H]1[C@]2(C)C3=C(C)[C@H](c4ccoc4)C[C@@H]3O[C@@H]2[C@H](O)[C@@H]2[C@@]1(C)C(=O)C=C[C@@]2(C)O. The summed E-state index contributed by atoms with van der Waals surface area (Å²) in [5, 5.41) is 22.9. The van der Waals surface area contributed by atoms with Crippen molar-refractivity contribution in [3.63, 3.8) is 0 Å². The molecule has 0 radical (unpaired) electrons. The van der Waals surface area contributed by atoms with E-state index in [1.165, 1.54) is 19.3 Å². The number of esters is 1. The summed E-state index contributed by atoms with van der Waals surface area (Å²) >= 11 is 0. The number of furan rings is 1. The van der Waals surface area contributed by atoms with E-state index in [4.69, 9.17) is 13.9 Å². The number of fused-ring (bicyclic) bond motifs is 4. The molecule has 5 rings (SSSR count). The van der Waals surface area contributed by atoms with Crippen LogP contribution in [0.1, 0.15) is 52.0 Å². The Morgan fingerprint density at radius 3 is 2.64 bits per heavy atom. The fourth-order valence-electron chi connectivity index (χ4n) is 7.85. The van der Waals surface area contributed by atoms with Crippen LogP contribution >= 0.6 is 0 Å². The van der Waals surface area contributed by atoms with Crippen LogP contribution in [0.3, 0.4) is 0 Å². The van der Waals surface area contributed by atoms with Crippen molar-refractivity contribution in [2.75, 3.05) is 7.11 Å². The van der Waals surface area contributed by atoms with Crippen molar-refractivity contribution in [3.8, 4) is 0 Å². The lowest BCUT2D eigenvalue weighted by Gasteiger charge is -2.61. The van der Waals surface area contributed by atoms with E-state index in [-0.39, 0.29) is 24.2 Å². The number of aliphatic hydroxyl groups is 2. The Morgan fingerprint density at radius 1 is 1.27 bits per heavy atom. The van der Waals surface area contributed by atoms with Crippen molar-refractivity contribution in [1.29, 1.82) is 0 Å². The Hall–Kier alpha value is -2.22. The van der Waals surface area contributed by atoms with Gasteiger partial charge in [-0.25, -0.2) is 0 Å². The highest BCUT2D eigenvalue weighted by Crippen LogP contribution is 2.68. The summed E-state index contributed by atoms with van der Waals surface area (Å²) in [6, 6.07) is 1.95. The number of ketones is 1. The molecule has 4 aliphatic rings. The molecule has 0 unspecified atom stereocenters. The van der Waals surface area contributed by atoms with E-state index in [1.807, 2.05) is 13.0 Å². The molecule has 0 spiro atoms. The Kier molecular flexibility index (Phi) is 4.88. The number of carbonyl (C=O) groups excluding carboxylic acids is 2. The van der Waals surface area contributed by atoms with E-state index in [0.29, 0.717) is 6.42 Å². The van der Waals surface area contributed by atoms with Crippen molar-refractivity contribution in [3.05, 3.63) is 47.5 Å². The molecular formula is C26H32O7. The van der Waals surface area contributed by atoms with Gasteiger partial charge < -0.3 is 24.1 Å². The first-order valence-corrected chi connectivity index (χ1v) is 11.6. The maximum Gasteiger partial charge on any atom is 0.305 e. The predicted octanol–water partition coefficient (Wildman–Crippen LogP) is 2.92. The Bertz CT molecular complexity index is 1050. The van der Waals surface area contributed by atoms with E-state index in [9.17, 15) is 19.8 Å². The molecule has 3 aliphatic carbocycles. The molecule has 33 heavy (non-hydrogen) atoms. The highest BCUT2D eigenvalue weighted by Gasteiger charge is 2.73. The van der Waals surface area contributed by atoms with Gasteiger partial charge in [-0.05, 0) is 55.5 Å². The molecule has 1 aromatic rings. The molecule has 0 aromatic carbocycles. The van der Waals surface area contributed by atoms with Crippen LogP contribution in [0.2, 0.25) is 0 Å². The minimum absolute atomic E-state index is 0.0118. The average Bonchev–Trinajstić information content (AvgIpc) is 3.45. The van der Waals surface area contributed by atoms with E-state index < -0.39 is 46.4 Å². The second-order valence-electron chi connectivity index (χ2n) is 10.8. The number of aliphatic hydroxyl groups excluding tert-OH is 1. The zero-order chi connectivity index (χ0) is 23.9. The number of allylic oxidation sites excluding steroid dienone is 2. The van der Waals surface area contributed by atoms with E-state index >= 15 is 0 Å². The van der Waals surface area contributed by atoms with Gasteiger partial charge in [0.1, 0.15) is 0 Å². The van der Waals surface area contributed by atoms with Crippen LogP contribution in [0.25, 0.3) is 0 Å². The maximum atomic E-state index is 13.5. The second kappa shape index (κ2) is 7.14. The highest BCUT2D eigenvalue weighted by atomic mass is 16.5. The van der Waals surface area contributed by atoms with Gasteiger partial charge in [-0.15, -0.1) is 0 Å². The molecule has 1 aromatic heterocycles. The van der Waals surface area contributed by atoms with Gasteiger partial charge in [0.25, 0.3) is 0 Å². The van der Waals surface area contributed by atoms with Crippen LogP contribution < -0.4 is 0 Å². The monoisotopic (exact) mass is 456 g/mol. The van der Waals surface area contributed by atoms with Gasteiger partial charge in [-0.1, -0.05) is 19.4 Å². The molecule has 9 atom stereocenters. The fourth-order valence-corrected chi connectivity index (χ4v) is 7.85. The fraction of sp³-hybridized carbons (Fsp3) is 0.615. The third-order valence-corrected chi connectivity index (χ3v) is 9.22. The van der Waals surface area contributed by atoms with Crippen molar-refractivity contribution in [2.45, 2.75) is 70.4 Å². The summed E-state index contributed by atoms with van der Waals surface area (Å²) in [7, 11) is 1.33. The van der Waals surface area contributed by atoms with Gasteiger partial charge in [0.05, 0.1) is 50.0 Å². The third-order valence-electron chi connectivity index (χ3n) is 9.22. The molecule has 7 nitrogen and oxygen atoms in total. The third kappa shape index (κ3) is 2.79. The largest absolute Gasteiger partial charge is 0.472 e. The van der Waals surface area contributed by atoms with Crippen LogP contribution in [-0.2, 0) is 19.1 Å². The Labute approximate surface area is 193 Å². The Morgan fingerprint density at radius 2 is 2.00 bits per heavy atom. The molecule has 1 saturated carbocycles. The van der Waals surface area contributed by atoms with Gasteiger partial charge >= 0.3 is 5.97 Å². The molecule has 178 valence electrons. The molecule has 1 aliphatic heterocycles. The summed E-state index contributed by atoms with van der Waals surface area (Å²) in [4.78, 5) is 26.1. The van der Waals surface area contributed by atoms with Crippen molar-refractivity contribution < 1.29 is 33.7 Å². The summed E-state index contributed by atoms with van der Waals surface area (Å²) < 4.78 is 16.9. The number of hydrogen-bond donors (Lipinski definition) is 2. The van der Waals surface area contributed by atoms with Crippen molar-refractivity contribution in [2.24, 2.45) is 22.7 Å². The maximum absolute atomic E-state index is 13.5. The van der Waals surface area contributed by atoms with Gasteiger partial charge in [0, 0.05) is 22.7 Å². The van der Waals surface area contributed by atoms with Gasteiger partial charge in [0.15, 0.2) is 5.78 Å². The minimum atomic E-state index is -1.43.